The van der Waals surface area contributed by atoms with Gasteiger partial charge in [-0.05, 0) is 25.3 Å². The predicted octanol–water partition coefficient (Wildman–Crippen LogP) is 2.43. The van der Waals surface area contributed by atoms with E-state index < -0.39 is 10.8 Å². The first-order chi connectivity index (χ1) is 6.09. The number of hydrogen-bond donors (Lipinski definition) is 0. The summed E-state index contributed by atoms with van der Waals surface area (Å²) < 4.78 is 4.63. The van der Waals surface area contributed by atoms with Crippen LogP contribution in [0.1, 0.15) is 19.8 Å². The lowest BCUT2D eigenvalue weighted by molar-refractivity contribution is -0.142. The normalized spacial score (nSPS) is 20.4. The Kier molecular flexibility index (Phi) is 3.15. The third kappa shape index (κ3) is 2.13. The van der Waals surface area contributed by atoms with E-state index in [0.717, 1.165) is 18.4 Å². The number of allylic oxidation sites excluding steroid dienone is 3. The summed E-state index contributed by atoms with van der Waals surface area (Å²) in [6, 6.07) is 0. The lowest BCUT2D eigenvalue weighted by atomic mass is 9.93. The molecule has 72 valence electrons. The minimum Gasteiger partial charge on any atom is -0.467 e. The highest BCUT2D eigenvalue weighted by Crippen LogP contribution is 2.31. The SMILES string of the molecule is COC(=O)C(C)(Cl)C1=CC=CCC1. The van der Waals surface area contributed by atoms with Crippen LogP contribution in [0.25, 0.3) is 0 Å². The summed E-state index contributed by atoms with van der Waals surface area (Å²) in [5.41, 5.74) is 0.920. The number of halogens is 1. The molecule has 3 heteroatoms. The van der Waals surface area contributed by atoms with Gasteiger partial charge in [0.1, 0.15) is 0 Å². The number of methoxy groups -OCH3 is 1. The number of carbonyl (C=O) groups excluding carboxylic acids is 1. The maximum atomic E-state index is 11.3. The van der Waals surface area contributed by atoms with Crippen molar-refractivity contribution in [3.63, 3.8) is 0 Å². The minimum atomic E-state index is -1.00. The molecule has 1 unspecified atom stereocenters. The van der Waals surface area contributed by atoms with Crippen molar-refractivity contribution in [1.29, 1.82) is 0 Å². The number of alkyl halides is 1. The lowest BCUT2D eigenvalue weighted by Gasteiger charge is -2.23. The second kappa shape index (κ2) is 3.97. The van der Waals surface area contributed by atoms with Gasteiger partial charge in [-0.25, -0.2) is 4.79 Å². The van der Waals surface area contributed by atoms with E-state index in [4.69, 9.17) is 11.6 Å². The molecule has 0 fully saturated rings. The van der Waals surface area contributed by atoms with Gasteiger partial charge < -0.3 is 4.74 Å². The van der Waals surface area contributed by atoms with Gasteiger partial charge in [-0.2, -0.15) is 0 Å². The van der Waals surface area contributed by atoms with Gasteiger partial charge in [-0.1, -0.05) is 18.2 Å². The molecule has 0 N–H and O–H groups in total. The molecule has 0 heterocycles. The Morgan fingerprint density at radius 3 is 2.85 bits per heavy atom. The van der Waals surface area contributed by atoms with Crippen LogP contribution < -0.4 is 0 Å². The van der Waals surface area contributed by atoms with E-state index in [9.17, 15) is 4.79 Å². The molecule has 1 atom stereocenters. The predicted molar refractivity (Wildman–Crippen MR) is 52.7 cm³/mol. The Morgan fingerprint density at radius 1 is 1.69 bits per heavy atom. The molecule has 0 aromatic heterocycles. The molecule has 1 aliphatic rings. The first kappa shape index (κ1) is 10.3. The van der Waals surface area contributed by atoms with E-state index in [1.54, 1.807) is 6.92 Å². The first-order valence-electron chi connectivity index (χ1n) is 4.22. The van der Waals surface area contributed by atoms with Gasteiger partial charge in [-0.3, -0.25) is 0 Å². The standard InChI is InChI=1S/C10H13ClO2/c1-10(11,9(12)13-2)8-6-4-3-5-7-8/h3-4,6H,5,7H2,1-2H3. The molecule has 0 aromatic rings. The summed E-state index contributed by atoms with van der Waals surface area (Å²) in [4.78, 5) is 10.3. The van der Waals surface area contributed by atoms with Gasteiger partial charge in [0.25, 0.3) is 0 Å². The van der Waals surface area contributed by atoms with Crippen LogP contribution in [0, 0.1) is 0 Å². The van der Waals surface area contributed by atoms with Crippen molar-refractivity contribution < 1.29 is 9.53 Å². The largest absolute Gasteiger partial charge is 0.467 e. The summed E-state index contributed by atoms with van der Waals surface area (Å²) in [5, 5.41) is 0. The van der Waals surface area contributed by atoms with E-state index in [-0.39, 0.29) is 0 Å². The molecule has 1 aliphatic carbocycles. The Hall–Kier alpha value is -0.760. The highest BCUT2D eigenvalue weighted by atomic mass is 35.5. The monoisotopic (exact) mass is 200 g/mol. The summed E-state index contributed by atoms with van der Waals surface area (Å²) in [6.45, 7) is 1.67. The van der Waals surface area contributed by atoms with Crippen LogP contribution in [0.5, 0.6) is 0 Å². The quantitative estimate of drug-likeness (QED) is 0.506. The molecule has 13 heavy (non-hydrogen) atoms. The maximum absolute atomic E-state index is 11.3. The smallest absolute Gasteiger partial charge is 0.330 e. The van der Waals surface area contributed by atoms with Crippen molar-refractivity contribution in [2.45, 2.75) is 24.6 Å². The van der Waals surface area contributed by atoms with Gasteiger partial charge in [0.2, 0.25) is 0 Å². The van der Waals surface area contributed by atoms with Crippen LogP contribution in [-0.4, -0.2) is 18.0 Å². The lowest BCUT2D eigenvalue weighted by Crippen LogP contribution is -2.32. The Labute approximate surface area is 83.2 Å². The third-order valence-electron chi connectivity index (χ3n) is 2.19. The zero-order chi connectivity index (χ0) is 9.90. The van der Waals surface area contributed by atoms with Gasteiger partial charge in [0.15, 0.2) is 4.87 Å². The van der Waals surface area contributed by atoms with Crippen LogP contribution in [0.3, 0.4) is 0 Å². The highest BCUT2D eigenvalue weighted by molar-refractivity contribution is 6.36. The van der Waals surface area contributed by atoms with E-state index in [2.05, 4.69) is 4.74 Å². The fourth-order valence-corrected chi connectivity index (χ4v) is 1.55. The summed E-state index contributed by atoms with van der Waals surface area (Å²) in [5.74, 6) is -0.393. The fourth-order valence-electron chi connectivity index (χ4n) is 1.32. The van der Waals surface area contributed by atoms with Crippen LogP contribution in [0.4, 0.5) is 0 Å². The van der Waals surface area contributed by atoms with Crippen molar-refractivity contribution in [2.75, 3.05) is 7.11 Å². The average molecular weight is 201 g/mol. The second-order valence-corrected chi connectivity index (χ2v) is 3.91. The van der Waals surface area contributed by atoms with Crippen molar-refractivity contribution in [1.82, 2.24) is 0 Å². The van der Waals surface area contributed by atoms with E-state index in [1.807, 2.05) is 18.2 Å². The van der Waals surface area contributed by atoms with E-state index in [0.29, 0.717) is 0 Å². The molecule has 0 aliphatic heterocycles. The van der Waals surface area contributed by atoms with Gasteiger partial charge in [0.05, 0.1) is 7.11 Å². The van der Waals surface area contributed by atoms with Gasteiger partial charge in [0, 0.05) is 0 Å². The highest BCUT2D eigenvalue weighted by Gasteiger charge is 2.35. The molecular formula is C10H13ClO2. The molecule has 0 aromatic carbocycles. The molecule has 0 radical (unpaired) electrons. The molecule has 1 rings (SSSR count). The third-order valence-corrected chi connectivity index (χ3v) is 2.58. The zero-order valence-electron chi connectivity index (χ0n) is 7.84. The van der Waals surface area contributed by atoms with Crippen LogP contribution in [0.15, 0.2) is 23.8 Å². The second-order valence-electron chi connectivity index (χ2n) is 3.15. The van der Waals surface area contributed by atoms with E-state index >= 15 is 0 Å². The van der Waals surface area contributed by atoms with Crippen LogP contribution in [0.2, 0.25) is 0 Å². The molecule has 0 bridgehead atoms. The summed E-state index contributed by atoms with van der Waals surface area (Å²) >= 11 is 6.09. The number of hydrogen-bond acceptors (Lipinski definition) is 2. The Balaban J connectivity index is 2.85. The molecule has 0 saturated heterocycles. The first-order valence-corrected chi connectivity index (χ1v) is 4.60. The van der Waals surface area contributed by atoms with Crippen LogP contribution in [-0.2, 0) is 9.53 Å². The number of carbonyl (C=O) groups is 1. The molecule has 0 amide bonds. The van der Waals surface area contributed by atoms with Crippen molar-refractivity contribution in [3.8, 4) is 0 Å². The van der Waals surface area contributed by atoms with Crippen molar-refractivity contribution in [3.05, 3.63) is 23.8 Å². The summed E-state index contributed by atoms with van der Waals surface area (Å²) in [7, 11) is 1.35. The average Bonchev–Trinajstić information content (AvgIpc) is 2.18. The molecular weight excluding hydrogens is 188 g/mol. The Morgan fingerprint density at radius 2 is 2.38 bits per heavy atom. The number of rotatable bonds is 2. The van der Waals surface area contributed by atoms with Gasteiger partial charge in [-0.15, -0.1) is 11.6 Å². The molecule has 2 nitrogen and oxygen atoms in total. The summed E-state index contributed by atoms with van der Waals surface area (Å²) in [6.07, 6.45) is 7.61. The van der Waals surface area contributed by atoms with Crippen molar-refractivity contribution >= 4 is 17.6 Å². The minimum absolute atomic E-state index is 0.393. The van der Waals surface area contributed by atoms with Crippen LogP contribution >= 0.6 is 11.6 Å². The van der Waals surface area contributed by atoms with Gasteiger partial charge >= 0.3 is 5.97 Å². The maximum Gasteiger partial charge on any atom is 0.330 e. The molecule has 0 saturated carbocycles. The Bertz CT molecular complexity index is 264. The van der Waals surface area contributed by atoms with Crippen molar-refractivity contribution in [2.24, 2.45) is 0 Å². The molecule has 0 spiro atoms. The number of ether oxygens (including phenoxy) is 1. The van der Waals surface area contributed by atoms with E-state index in [1.165, 1.54) is 7.11 Å². The zero-order valence-corrected chi connectivity index (χ0v) is 8.60. The topological polar surface area (TPSA) is 26.3 Å². The fraction of sp³-hybridized carbons (Fsp3) is 0.500. The number of esters is 1.